The van der Waals surface area contributed by atoms with Crippen LogP contribution < -0.4 is 4.89 Å². The molecule has 2 rings (SSSR count). The molecule has 0 aliphatic rings. The maximum atomic E-state index is 11.9. The molecule has 0 atom stereocenters. The SMILES string of the molecule is O=C(c1ccccc1)c1ccc(OO)cc1. The molecule has 0 aliphatic carbocycles. The third-order valence-electron chi connectivity index (χ3n) is 2.26. The molecule has 0 unspecified atom stereocenters. The van der Waals surface area contributed by atoms with Gasteiger partial charge in [0.1, 0.15) is 0 Å². The van der Waals surface area contributed by atoms with Crippen LogP contribution in [0.3, 0.4) is 0 Å². The highest BCUT2D eigenvalue weighted by Gasteiger charge is 2.07. The van der Waals surface area contributed by atoms with Gasteiger partial charge in [0.15, 0.2) is 11.5 Å². The van der Waals surface area contributed by atoms with E-state index in [1.807, 2.05) is 18.2 Å². The fourth-order valence-electron chi connectivity index (χ4n) is 1.42. The summed E-state index contributed by atoms with van der Waals surface area (Å²) in [5.74, 6) is 0.259. The van der Waals surface area contributed by atoms with Crippen LogP contribution in [0.5, 0.6) is 5.75 Å². The molecule has 0 heterocycles. The monoisotopic (exact) mass is 214 g/mol. The van der Waals surface area contributed by atoms with E-state index in [4.69, 9.17) is 5.26 Å². The van der Waals surface area contributed by atoms with E-state index in [0.717, 1.165) is 0 Å². The lowest BCUT2D eigenvalue weighted by molar-refractivity contribution is -0.137. The summed E-state index contributed by atoms with van der Waals surface area (Å²) in [5.41, 5.74) is 1.20. The molecule has 3 nitrogen and oxygen atoms in total. The Balaban J connectivity index is 2.28. The fourth-order valence-corrected chi connectivity index (χ4v) is 1.42. The van der Waals surface area contributed by atoms with Gasteiger partial charge in [-0.1, -0.05) is 30.3 Å². The van der Waals surface area contributed by atoms with Crippen LogP contribution in [-0.4, -0.2) is 11.0 Å². The smallest absolute Gasteiger partial charge is 0.193 e. The van der Waals surface area contributed by atoms with Crippen molar-refractivity contribution in [1.82, 2.24) is 0 Å². The summed E-state index contributed by atoms with van der Waals surface area (Å²) in [6, 6.07) is 15.3. The number of benzene rings is 2. The molecule has 80 valence electrons. The molecular weight excluding hydrogens is 204 g/mol. The summed E-state index contributed by atoms with van der Waals surface area (Å²) in [5, 5.41) is 8.40. The van der Waals surface area contributed by atoms with Crippen molar-refractivity contribution in [3.05, 3.63) is 65.7 Å². The lowest BCUT2D eigenvalue weighted by Gasteiger charge is -2.01. The molecule has 0 fully saturated rings. The molecule has 1 N–H and O–H groups in total. The van der Waals surface area contributed by atoms with Crippen molar-refractivity contribution in [2.75, 3.05) is 0 Å². The van der Waals surface area contributed by atoms with E-state index in [1.165, 1.54) is 12.1 Å². The van der Waals surface area contributed by atoms with Crippen LogP contribution in [-0.2, 0) is 0 Å². The topological polar surface area (TPSA) is 46.5 Å². The Labute approximate surface area is 92.9 Å². The van der Waals surface area contributed by atoms with Gasteiger partial charge in [0.2, 0.25) is 0 Å². The lowest BCUT2D eigenvalue weighted by atomic mass is 10.0. The van der Waals surface area contributed by atoms with Gasteiger partial charge in [-0.25, -0.2) is 5.26 Å². The van der Waals surface area contributed by atoms with Crippen LogP contribution in [0.25, 0.3) is 0 Å². The van der Waals surface area contributed by atoms with E-state index in [9.17, 15) is 4.79 Å². The zero-order valence-electron chi connectivity index (χ0n) is 8.46. The molecule has 2 aromatic carbocycles. The maximum absolute atomic E-state index is 11.9. The van der Waals surface area contributed by atoms with Crippen molar-refractivity contribution in [3.63, 3.8) is 0 Å². The molecule has 0 spiro atoms. The summed E-state index contributed by atoms with van der Waals surface area (Å²) in [4.78, 5) is 16.0. The first-order valence-corrected chi connectivity index (χ1v) is 4.82. The van der Waals surface area contributed by atoms with E-state index in [1.54, 1.807) is 24.3 Å². The van der Waals surface area contributed by atoms with E-state index >= 15 is 0 Å². The Morgan fingerprint density at radius 3 is 2.00 bits per heavy atom. The minimum Gasteiger partial charge on any atom is -0.340 e. The number of carbonyl (C=O) groups excluding carboxylic acids is 1. The van der Waals surface area contributed by atoms with Crippen molar-refractivity contribution >= 4 is 5.78 Å². The Bertz CT molecular complexity index is 474. The molecule has 0 saturated heterocycles. The van der Waals surface area contributed by atoms with Crippen LogP contribution in [0.4, 0.5) is 0 Å². The van der Waals surface area contributed by atoms with Crippen LogP contribution >= 0.6 is 0 Å². The van der Waals surface area contributed by atoms with Gasteiger partial charge in [-0.15, -0.1) is 0 Å². The quantitative estimate of drug-likeness (QED) is 0.485. The predicted molar refractivity (Wildman–Crippen MR) is 59.6 cm³/mol. The normalized spacial score (nSPS) is 9.81. The molecule has 0 saturated carbocycles. The van der Waals surface area contributed by atoms with Crippen molar-refractivity contribution in [3.8, 4) is 5.75 Å². The minimum atomic E-state index is -0.0508. The maximum Gasteiger partial charge on any atom is 0.193 e. The number of hydrogen-bond donors (Lipinski definition) is 1. The van der Waals surface area contributed by atoms with Gasteiger partial charge in [-0.05, 0) is 24.3 Å². The molecule has 0 radical (unpaired) electrons. The third-order valence-corrected chi connectivity index (χ3v) is 2.26. The zero-order valence-corrected chi connectivity index (χ0v) is 8.46. The Morgan fingerprint density at radius 1 is 0.875 bits per heavy atom. The van der Waals surface area contributed by atoms with Crippen molar-refractivity contribution in [2.24, 2.45) is 0 Å². The first-order valence-electron chi connectivity index (χ1n) is 4.82. The molecule has 0 amide bonds. The molecule has 2 aromatic rings. The van der Waals surface area contributed by atoms with Crippen LogP contribution in [0, 0.1) is 0 Å². The van der Waals surface area contributed by atoms with Crippen molar-refractivity contribution < 1.29 is 14.9 Å². The fraction of sp³-hybridized carbons (Fsp3) is 0. The first-order chi connectivity index (χ1) is 7.81. The lowest BCUT2D eigenvalue weighted by Crippen LogP contribution is -2.00. The standard InChI is InChI=1S/C13H10O3/c14-13(10-4-2-1-3-5-10)11-6-8-12(16-15)9-7-11/h1-9,15H. The van der Waals surface area contributed by atoms with E-state index in [-0.39, 0.29) is 5.78 Å². The molecule has 16 heavy (non-hydrogen) atoms. The highest BCUT2D eigenvalue weighted by molar-refractivity contribution is 6.08. The average molecular weight is 214 g/mol. The average Bonchev–Trinajstić information content (AvgIpc) is 2.39. The number of hydrogen-bond acceptors (Lipinski definition) is 3. The third kappa shape index (κ3) is 2.10. The van der Waals surface area contributed by atoms with Gasteiger partial charge in [0, 0.05) is 11.1 Å². The summed E-state index contributed by atoms with van der Waals surface area (Å²) in [6.45, 7) is 0. The van der Waals surface area contributed by atoms with Gasteiger partial charge in [-0.3, -0.25) is 4.79 Å². The number of carbonyl (C=O) groups is 1. The zero-order chi connectivity index (χ0) is 11.4. The summed E-state index contributed by atoms with van der Waals surface area (Å²) in [7, 11) is 0. The van der Waals surface area contributed by atoms with Gasteiger partial charge in [-0.2, -0.15) is 0 Å². The van der Waals surface area contributed by atoms with Crippen LogP contribution in [0.15, 0.2) is 54.6 Å². The molecule has 0 bridgehead atoms. The van der Waals surface area contributed by atoms with Gasteiger partial charge < -0.3 is 4.89 Å². The molecule has 3 heteroatoms. The number of ketones is 1. The molecule has 0 aliphatic heterocycles. The predicted octanol–water partition coefficient (Wildman–Crippen LogP) is 2.77. The van der Waals surface area contributed by atoms with Gasteiger partial charge in [0.25, 0.3) is 0 Å². The van der Waals surface area contributed by atoms with Crippen molar-refractivity contribution in [2.45, 2.75) is 0 Å². The first kappa shape index (κ1) is 10.4. The summed E-state index contributed by atoms with van der Waals surface area (Å²) < 4.78 is 0. The van der Waals surface area contributed by atoms with E-state index < -0.39 is 0 Å². The van der Waals surface area contributed by atoms with Gasteiger partial charge >= 0.3 is 0 Å². The Hall–Kier alpha value is -2.13. The Kier molecular flexibility index (Phi) is 2.98. The van der Waals surface area contributed by atoms with Gasteiger partial charge in [0.05, 0.1) is 0 Å². The second kappa shape index (κ2) is 4.59. The van der Waals surface area contributed by atoms with E-state index in [0.29, 0.717) is 16.9 Å². The largest absolute Gasteiger partial charge is 0.340 e. The number of rotatable bonds is 3. The summed E-state index contributed by atoms with van der Waals surface area (Å²) in [6.07, 6.45) is 0. The highest BCUT2D eigenvalue weighted by atomic mass is 17.1. The minimum absolute atomic E-state index is 0.0508. The second-order valence-corrected chi connectivity index (χ2v) is 3.31. The van der Waals surface area contributed by atoms with Crippen LogP contribution in [0.1, 0.15) is 15.9 Å². The summed E-state index contributed by atoms with van der Waals surface area (Å²) >= 11 is 0. The molecular formula is C13H10O3. The van der Waals surface area contributed by atoms with E-state index in [2.05, 4.69) is 4.89 Å². The highest BCUT2D eigenvalue weighted by Crippen LogP contribution is 2.14. The molecule has 0 aromatic heterocycles. The van der Waals surface area contributed by atoms with Crippen LogP contribution in [0.2, 0.25) is 0 Å². The second-order valence-electron chi connectivity index (χ2n) is 3.31. The van der Waals surface area contributed by atoms with Crippen molar-refractivity contribution in [1.29, 1.82) is 0 Å². The Morgan fingerprint density at radius 2 is 1.44 bits per heavy atom.